The lowest BCUT2D eigenvalue weighted by Crippen LogP contribution is -2.12. The Morgan fingerprint density at radius 1 is 1.40 bits per heavy atom. The number of aromatic nitrogens is 3. The van der Waals surface area contributed by atoms with Gasteiger partial charge in [-0.1, -0.05) is 0 Å². The molecule has 20 heavy (non-hydrogen) atoms. The molecular weight excluding hydrogens is 280 g/mol. The van der Waals surface area contributed by atoms with Gasteiger partial charge in [-0.2, -0.15) is 5.10 Å². The maximum absolute atomic E-state index is 12.4. The lowest BCUT2D eigenvalue weighted by molar-refractivity contribution is 0.339. The Labute approximate surface area is 117 Å². The topological polar surface area (TPSA) is 100 Å². The highest BCUT2D eigenvalue weighted by atomic mass is 32.2. The van der Waals surface area contributed by atoms with Gasteiger partial charge >= 0.3 is 0 Å². The molecule has 0 unspecified atom stereocenters. The Morgan fingerprint density at radius 2 is 2.15 bits per heavy atom. The van der Waals surface area contributed by atoms with Gasteiger partial charge in [-0.25, -0.2) is 13.4 Å². The molecule has 0 spiro atoms. The molecule has 2 N–H and O–H groups in total. The Kier molecular flexibility index (Phi) is 3.93. The van der Waals surface area contributed by atoms with Gasteiger partial charge < -0.3 is 10.5 Å². The van der Waals surface area contributed by atoms with Gasteiger partial charge in [0.05, 0.1) is 17.2 Å². The van der Waals surface area contributed by atoms with Gasteiger partial charge in [-0.05, 0) is 19.1 Å². The molecule has 2 rings (SSSR count). The summed E-state index contributed by atoms with van der Waals surface area (Å²) < 4.78 is 31.5. The first-order chi connectivity index (χ1) is 9.44. The van der Waals surface area contributed by atoms with Gasteiger partial charge in [0.1, 0.15) is 23.7 Å². The number of hydrogen-bond donors (Lipinski definition) is 1. The fraction of sp³-hybridized carbons (Fsp3) is 0.333. The molecule has 2 aromatic rings. The quantitative estimate of drug-likeness (QED) is 0.818. The predicted octanol–water partition coefficient (Wildman–Crippen LogP) is 0.770. The maximum atomic E-state index is 12.4. The van der Waals surface area contributed by atoms with Gasteiger partial charge in [0.25, 0.3) is 0 Å². The van der Waals surface area contributed by atoms with Crippen LogP contribution in [0.15, 0.2) is 29.4 Å². The second-order valence-electron chi connectivity index (χ2n) is 4.19. The highest BCUT2D eigenvalue weighted by Crippen LogP contribution is 2.26. The summed E-state index contributed by atoms with van der Waals surface area (Å²) in [6.45, 7) is 2.27. The van der Waals surface area contributed by atoms with Crippen LogP contribution in [0.1, 0.15) is 12.7 Å². The molecule has 1 aromatic carbocycles. The molecule has 0 amide bonds. The third-order valence-corrected chi connectivity index (χ3v) is 4.42. The standard InChI is InChI=1S/C12H16N4O3S/c1-3-19-9-4-5-10(13)11(6-9)20(17,18)7-12-14-8-15-16(12)2/h4-6,8H,3,7,13H2,1-2H3. The zero-order chi connectivity index (χ0) is 14.8. The van der Waals surface area contributed by atoms with Crippen LogP contribution in [-0.4, -0.2) is 29.8 Å². The molecule has 0 saturated heterocycles. The third-order valence-electron chi connectivity index (χ3n) is 2.76. The first-order valence-electron chi connectivity index (χ1n) is 6.02. The molecule has 0 saturated carbocycles. The molecule has 1 aromatic heterocycles. The monoisotopic (exact) mass is 296 g/mol. The van der Waals surface area contributed by atoms with E-state index in [4.69, 9.17) is 10.5 Å². The summed E-state index contributed by atoms with van der Waals surface area (Å²) in [4.78, 5) is 3.96. The van der Waals surface area contributed by atoms with Crippen molar-refractivity contribution in [3.05, 3.63) is 30.4 Å². The number of anilines is 1. The fourth-order valence-corrected chi connectivity index (χ4v) is 3.22. The minimum absolute atomic E-state index is 0.0476. The summed E-state index contributed by atoms with van der Waals surface area (Å²) >= 11 is 0. The summed E-state index contributed by atoms with van der Waals surface area (Å²) in [7, 11) is -1.97. The van der Waals surface area contributed by atoms with E-state index in [1.165, 1.54) is 23.1 Å². The predicted molar refractivity (Wildman–Crippen MR) is 73.9 cm³/mol. The number of ether oxygens (including phenoxy) is 1. The van der Waals surface area contributed by atoms with Crippen molar-refractivity contribution >= 4 is 15.5 Å². The van der Waals surface area contributed by atoms with Gasteiger partial charge in [0.2, 0.25) is 0 Å². The van der Waals surface area contributed by atoms with E-state index in [9.17, 15) is 8.42 Å². The van der Waals surface area contributed by atoms with Crippen LogP contribution in [0.2, 0.25) is 0 Å². The average Bonchev–Trinajstić information content (AvgIpc) is 2.77. The van der Waals surface area contributed by atoms with Gasteiger partial charge in [0.15, 0.2) is 9.84 Å². The molecule has 0 radical (unpaired) electrons. The molecule has 0 atom stereocenters. The van der Waals surface area contributed by atoms with E-state index in [0.29, 0.717) is 18.2 Å². The highest BCUT2D eigenvalue weighted by Gasteiger charge is 2.21. The van der Waals surface area contributed by atoms with Crippen molar-refractivity contribution in [2.75, 3.05) is 12.3 Å². The normalized spacial score (nSPS) is 11.5. The lowest BCUT2D eigenvalue weighted by Gasteiger charge is -2.10. The van der Waals surface area contributed by atoms with E-state index in [0.717, 1.165) is 0 Å². The van der Waals surface area contributed by atoms with Crippen molar-refractivity contribution in [3.63, 3.8) is 0 Å². The van der Waals surface area contributed by atoms with E-state index < -0.39 is 9.84 Å². The van der Waals surface area contributed by atoms with E-state index in [1.54, 1.807) is 13.1 Å². The third kappa shape index (κ3) is 2.90. The Balaban J connectivity index is 2.38. The van der Waals surface area contributed by atoms with Crippen LogP contribution in [0, 0.1) is 0 Å². The number of aryl methyl sites for hydroxylation is 1. The van der Waals surface area contributed by atoms with E-state index >= 15 is 0 Å². The van der Waals surface area contributed by atoms with Crippen LogP contribution in [0.3, 0.4) is 0 Å². The minimum Gasteiger partial charge on any atom is -0.494 e. The van der Waals surface area contributed by atoms with Gasteiger partial charge in [-0.15, -0.1) is 0 Å². The summed E-state index contributed by atoms with van der Waals surface area (Å²) in [6, 6.07) is 4.60. The molecule has 0 aliphatic rings. The van der Waals surface area contributed by atoms with Crippen molar-refractivity contribution < 1.29 is 13.2 Å². The van der Waals surface area contributed by atoms with Crippen LogP contribution in [0.25, 0.3) is 0 Å². The number of benzene rings is 1. The second kappa shape index (κ2) is 5.49. The van der Waals surface area contributed by atoms with Gasteiger partial charge in [0, 0.05) is 13.1 Å². The molecule has 0 fully saturated rings. The van der Waals surface area contributed by atoms with Crippen molar-refractivity contribution in [3.8, 4) is 5.75 Å². The van der Waals surface area contributed by atoms with Crippen LogP contribution in [0.4, 0.5) is 5.69 Å². The molecule has 8 heteroatoms. The number of sulfone groups is 1. The Bertz CT molecular complexity index is 709. The SMILES string of the molecule is CCOc1ccc(N)c(S(=O)(=O)Cc2ncnn2C)c1. The number of nitrogens with zero attached hydrogens (tertiary/aromatic N) is 3. The van der Waals surface area contributed by atoms with Crippen molar-refractivity contribution in [1.29, 1.82) is 0 Å². The van der Waals surface area contributed by atoms with E-state index in [2.05, 4.69) is 10.1 Å². The maximum Gasteiger partial charge on any atom is 0.187 e. The van der Waals surface area contributed by atoms with Gasteiger partial charge in [-0.3, -0.25) is 4.68 Å². The second-order valence-corrected chi connectivity index (χ2v) is 6.15. The average molecular weight is 296 g/mol. The summed E-state index contributed by atoms with van der Waals surface area (Å²) in [5, 5.41) is 3.85. The Morgan fingerprint density at radius 3 is 2.75 bits per heavy atom. The van der Waals surface area contributed by atoms with E-state index in [1.807, 2.05) is 6.92 Å². The summed E-state index contributed by atoms with van der Waals surface area (Å²) in [5.74, 6) is 0.563. The number of nitrogens with two attached hydrogens (primary N) is 1. The zero-order valence-corrected chi connectivity index (χ0v) is 12.1. The first kappa shape index (κ1) is 14.3. The smallest absolute Gasteiger partial charge is 0.187 e. The molecular formula is C12H16N4O3S. The molecule has 108 valence electrons. The number of hydrogen-bond acceptors (Lipinski definition) is 6. The zero-order valence-electron chi connectivity index (χ0n) is 11.3. The summed E-state index contributed by atoms with van der Waals surface area (Å²) in [5.41, 5.74) is 5.95. The van der Waals surface area contributed by atoms with Crippen molar-refractivity contribution in [1.82, 2.24) is 14.8 Å². The molecule has 0 bridgehead atoms. The minimum atomic E-state index is -3.61. The number of nitrogen functional groups attached to an aromatic ring is 1. The van der Waals surface area contributed by atoms with Crippen molar-refractivity contribution in [2.24, 2.45) is 7.05 Å². The fourth-order valence-electron chi connectivity index (χ4n) is 1.74. The van der Waals surface area contributed by atoms with E-state index in [-0.39, 0.29) is 16.3 Å². The van der Waals surface area contributed by atoms with Crippen molar-refractivity contribution in [2.45, 2.75) is 17.6 Å². The molecule has 0 aliphatic carbocycles. The molecule has 0 aliphatic heterocycles. The molecule has 7 nitrogen and oxygen atoms in total. The highest BCUT2D eigenvalue weighted by molar-refractivity contribution is 7.90. The lowest BCUT2D eigenvalue weighted by atomic mass is 10.3. The number of rotatable bonds is 5. The van der Waals surface area contributed by atoms with Crippen LogP contribution in [-0.2, 0) is 22.6 Å². The molecule has 1 heterocycles. The first-order valence-corrected chi connectivity index (χ1v) is 7.67. The van der Waals surface area contributed by atoms with Crippen LogP contribution in [0.5, 0.6) is 5.75 Å². The van der Waals surface area contributed by atoms with Crippen LogP contribution >= 0.6 is 0 Å². The Hall–Kier alpha value is -2.09. The summed E-state index contributed by atoms with van der Waals surface area (Å²) in [6.07, 6.45) is 1.31. The largest absolute Gasteiger partial charge is 0.494 e. The van der Waals surface area contributed by atoms with Crippen LogP contribution < -0.4 is 10.5 Å².